The van der Waals surface area contributed by atoms with Gasteiger partial charge < -0.3 is 9.15 Å². The van der Waals surface area contributed by atoms with E-state index >= 15 is 0 Å². The summed E-state index contributed by atoms with van der Waals surface area (Å²) in [4.78, 5) is 21.8. The first-order valence-corrected chi connectivity index (χ1v) is 5.64. The van der Waals surface area contributed by atoms with E-state index in [1.807, 2.05) is 0 Å². The number of hydrogen-bond donors (Lipinski definition) is 1. The predicted molar refractivity (Wildman–Crippen MR) is 68.3 cm³/mol. The molecule has 0 unspecified atom stereocenters. The number of amides is 1. The van der Waals surface area contributed by atoms with Crippen LogP contribution in [-0.4, -0.2) is 17.6 Å². The zero-order valence-corrected chi connectivity index (χ0v) is 10.4. The van der Waals surface area contributed by atoms with Crippen molar-refractivity contribution in [1.82, 2.24) is 0 Å². The molecule has 1 aromatic heterocycles. The van der Waals surface area contributed by atoms with Crippen molar-refractivity contribution in [1.29, 1.82) is 0 Å². The lowest BCUT2D eigenvalue weighted by Crippen LogP contribution is -2.13. The molecule has 7 heteroatoms. The van der Waals surface area contributed by atoms with Crippen LogP contribution >= 0.6 is 0 Å². The van der Waals surface area contributed by atoms with Crippen LogP contribution < -0.4 is 5.32 Å². The van der Waals surface area contributed by atoms with Crippen LogP contribution in [0.25, 0.3) is 11.0 Å². The molecule has 2 aromatic rings. The van der Waals surface area contributed by atoms with Crippen LogP contribution in [0.2, 0.25) is 0 Å². The molecule has 1 heterocycles. The minimum Gasteiger partial charge on any atom is -0.459 e. The Morgan fingerprint density at radius 2 is 2.26 bits per heavy atom. The number of nitro groups is 1. The number of hydrogen-bond acceptors (Lipinski definition) is 5. The Morgan fingerprint density at radius 3 is 2.89 bits per heavy atom. The van der Waals surface area contributed by atoms with E-state index in [-0.39, 0.29) is 17.9 Å². The van der Waals surface area contributed by atoms with Crippen molar-refractivity contribution >= 4 is 28.4 Å². The van der Waals surface area contributed by atoms with Gasteiger partial charge in [0.15, 0.2) is 5.58 Å². The SMILES string of the molecule is CCOC(=O)Nc1ccc([N+](=O)[O-])c2cc(C)oc12. The third kappa shape index (κ3) is 2.49. The van der Waals surface area contributed by atoms with E-state index in [0.717, 1.165) is 0 Å². The van der Waals surface area contributed by atoms with E-state index in [0.29, 0.717) is 16.8 Å². The van der Waals surface area contributed by atoms with Gasteiger partial charge in [0.05, 0.1) is 17.2 Å². The molecule has 0 saturated heterocycles. The predicted octanol–water partition coefficient (Wildman–Crippen LogP) is 3.22. The fourth-order valence-corrected chi connectivity index (χ4v) is 1.77. The van der Waals surface area contributed by atoms with Gasteiger partial charge in [-0.05, 0) is 26.0 Å². The Labute approximate surface area is 108 Å². The third-order valence-corrected chi connectivity index (χ3v) is 2.49. The van der Waals surface area contributed by atoms with Crippen LogP contribution in [0.5, 0.6) is 0 Å². The lowest BCUT2D eigenvalue weighted by molar-refractivity contribution is -0.383. The van der Waals surface area contributed by atoms with Gasteiger partial charge in [-0.15, -0.1) is 0 Å². The summed E-state index contributed by atoms with van der Waals surface area (Å²) in [5.41, 5.74) is 0.535. The van der Waals surface area contributed by atoms with Crippen LogP contribution in [-0.2, 0) is 4.74 Å². The van der Waals surface area contributed by atoms with Crippen molar-refractivity contribution in [3.05, 3.63) is 34.1 Å². The molecule has 0 aliphatic rings. The fourth-order valence-electron chi connectivity index (χ4n) is 1.77. The molecule has 0 aliphatic carbocycles. The quantitative estimate of drug-likeness (QED) is 0.678. The number of carbonyl (C=O) groups excluding carboxylic acids is 1. The van der Waals surface area contributed by atoms with Crippen molar-refractivity contribution < 1.29 is 18.9 Å². The summed E-state index contributed by atoms with van der Waals surface area (Å²) >= 11 is 0. The number of aryl methyl sites for hydroxylation is 1. The topological polar surface area (TPSA) is 94.6 Å². The van der Waals surface area contributed by atoms with Crippen molar-refractivity contribution in [2.45, 2.75) is 13.8 Å². The lowest BCUT2D eigenvalue weighted by Gasteiger charge is -2.05. The average molecular weight is 264 g/mol. The summed E-state index contributed by atoms with van der Waals surface area (Å²) in [5.74, 6) is 0.524. The van der Waals surface area contributed by atoms with Crippen LogP contribution in [0.4, 0.5) is 16.2 Å². The molecule has 7 nitrogen and oxygen atoms in total. The molecular formula is C12H12N2O5. The molecule has 0 aliphatic heterocycles. The molecule has 0 spiro atoms. The minimum absolute atomic E-state index is 0.0683. The van der Waals surface area contributed by atoms with Gasteiger partial charge >= 0.3 is 6.09 Å². The number of non-ortho nitro benzene ring substituents is 1. The number of ether oxygens (including phenoxy) is 1. The molecule has 0 saturated carbocycles. The highest BCUT2D eigenvalue weighted by Crippen LogP contribution is 2.33. The molecule has 1 aromatic carbocycles. The second-order valence-electron chi connectivity index (χ2n) is 3.83. The van der Waals surface area contributed by atoms with Gasteiger partial charge in [-0.2, -0.15) is 0 Å². The van der Waals surface area contributed by atoms with Crippen LogP contribution in [0, 0.1) is 17.0 Å². The Balaban J connectivity index is 2.49. The van der Waals surface area contributed by atoms with Gasteiger partial charge in [-0.1, -0.05) is 0 Å². The Morgan fingerprint density at radius 1 is 1.53 bits per heavy atom. The summed E-state index contributed by atoms with van der Waals surface area (Å²) in [6, 6.07) is 4.29. The van der Waals surface area contributed by atoms with Gasteiger partial charge in [0, 0.05) is 6.07 Å². The van der Waals surface area contributed by atoms with Crippen LogP contribution in [0.1, 0.15) is 12.7 Å². The zero-order chi connectivity index (χ0) is 14.0. The maximum absolute atomic E-state index is 11.4. The molecule has 0 atom stereocenters. The number of nitro benzene ring substituents is 1. The standard InChI is InChI=1S/C12H12N2O5/c1-3-18-12(15)13-9-4-5-10(14(16)17)8-6-7(2)19-11(8)9/h4-6H,3H2,1-2H3,(H,13,15). The Bertz CT molecular complexity index is 647. The molecule has 100 valence electrons. The first-order chi connectivity index (χ1) is 9.02. The normalized spacial score (nSPS) is 10.4. The molecule has 1 N–H and O–H groups in total. The molecule has 1 amide bonds. The zero-order valence-electron chi connectivity index (χ0n) is 10.4. The second kappa shape index (κ2) is 4.97. The van der Waals surface area contributed by atoms with E-state index in [4.69, 9.17) is 9.15 Å². The molecule has 0 radical (unpaired) electrons. The highest BCUT2D eigenvalue weighted by Gasteiger charge is 2.19. The number of benzene rings is 1. The van der Waals surface area contributed by atoms with Crippen molar-refractivity contribution in [3.63, 3.8) is 0 Å². The van der Waals surface area contributed by atoms with Gasteiger partial charge in [0.1, 0.15) is 11.1 Å². The van der Waals surface area contributed by atoms with Crippen molar-refractivity contribution in [2.75, 3.05) is 11.9 Å². The first kappa shape index (κ1) is 12.9. The van der Waals surface area contributed by atoms with Gasteiger partial charge in [0.25, 0.3) is 5.69 Å². The summed E-state index contributed by atoms with van der Waals surface area (Å²) < 4.78 is 10.1. The van der Waals surface area contributed by atoms with Gasteiger partial charge in [-0.3, -0.25) is 15.4 Å². The van der Waals surface area contributed by atoms with Crippen molar-refractivity contribution in [3.8, 4) is 0 Å². The Hall–Kier alpha value is -2.57. The molecular weight excluding hydrogens is 252 g/mol. The van der Waals surface area contributed by atoms with E-state index < -0.39 is 11.0 Å². The van der Waals surface area contributed by atoms with E-state index in [1.54, 1.807) is 19.9 Å². The van der Waals surface area contributed by atoms with Crippen LogP contribution in [0.3, 0.4) is 0 Å². The van der Waals surface area contributed by atoms with E-state index in [9.17, 15) is 14.9 Å². The lowest BCUT2D eigenvalue weighted by atomic mass is 10.2. The first-order valence-electron chi connectivity index (χ1n) is 5.64. The smallest absolute Gasteiger partial charge is 0.411 e. The van der Waals surface area contributed by atoms with E-state index in [2.05, 4.69) is 5.32 Å². The monoisotopic (exact) mass is 264 g/mol. The number of rotatable bonds is 3. The van der Waals surface area contributed by atoms with Gasteiger partial charge in [0.2, 0.25) is 0 Å². The highest BCUT2D eigenvalue weighted by molar-refractivity contribution is 6.01. The maximum Gasteiger partial charge on any atom is 0.411 e. The number of carbonyl (C=O) groups is 1. The largest absolute Gasteiger partial charge is 0.459 e. The van der Waals surface area contributed by atoms with Gasteiger partial charge in [-0.25, -0.2) is 4.79 Å². The van der Waals surface area contributed by atoms with Crippen LogP contribution in [0.15, 0.2) is 22.6 Å². The number of nitrogens with zero attached hydrogens (tertiary/aromatic N) is 1. The summed E-state index contributed by atoms with van der Waals surface area (Å²) in [5, 5.41) is 13.7. The summed E-state index contributed by atoms with van der Waals surface area (Å²) in [6.45, 7) is 3.60. The number of furan rings is 1. The number of fused-ring (bicyclic) bond motifs is 1. The van der Waals surface area contributed by atoms with Crippen molar-refractivity contribution in [2.24, 2.45) is 0 Å². The molecule has 0 fully saturated rings. The summed E-state index contributed by atoms with van der Waals surface area (Å²) in [6.07, 6.45) is -0.633. The fraction of sp³-hybridized carbons (Fsp3) is 0.250. The second-order valence-corrected chi connectivity index (χ2v) is 3.83. The number of anilines is 1. The van der Waals surface area contributed by atoms with E-state index in [1.165, 1.54) is 12.1 Å². The number of nitrogens with one attached hydrogen (secondary N) is 1. The molecule has 19 heavy (non-hydrogen) atoms. The highest BCUT2D eigenvalue weighted by atomic mass is 16.6. The molecule has 2 rings (SSSR count). The average Bonchev–Trinajstić information content (AvgIpc) is 2.71. The minimum atomic E-state index is -0.633. The Kier molecular flexibility index (Phi) is 3.37. The third-order valence-electron chi connectivity index (χ3n) is 2.49. The maximum atomic E-state index is 11.4. The molecule has 0 bridgehead atoms. The summed E-state index contributed by atoms with van der Waals surface area (Å²) in [7, 11) is 0.